The lowest BCUT2D eigenvalue weighted by molar-refractivity contribution is -0.0264. The van der Waals surface area contributed by atoms with E-state index in [1.54, 1.807) is 7.11 Å². The Kier molecular flexibility index (Phi) is 5.06. The molecule has 1 saturated heterocycles. The maximum absolute atomic E-state index is 5.62. The first-order chi connectivity index (χ1) is 8.79. The molecule has 1 aromatic rings. The van der Waals surface area contributed by atoms with E-state index in [1.807, 2.05) is 0 Å². The largest absolute Gasteiger partial charge is 0.383 e. The fraction of sp³-hybridized carbons (Fsp3) is 0.818. The summed E-state index contributed by atoms with van der Waals surface area (Å²) in [5, 5.41) is 7.12. The molecule has 0 aliphatic carbocycles. The highest BCUT2D eigenvalue weighted by molar-refractivity contribution is 4.93. The van der Waals surface area contributed by atoms with Gasteiger partial charge < -0.3 is 24.2 Å². The van der Waals surface area contributed by atoms with Gasteiger partial charge in [-0.25, -0.2) is 0 Å². The van der Waals surface area contributed by atoms with Gasteiger partial charge in [0.15, 0.2) is 0 Å². The van der Waals surface area contributed by atoms with Gasteiger partial charge in [0.05, 0.1) is 19.8 Å². The molecule has 0 radical (unpaired) electrons. The second kappa shape index (κ2) is 6.79. The van der Waals surface area contributed by atoms with E-state index in [1.165, 1.54) is 0 Å². The lowest BCUT2D eigenvalue weighted by Gasteiger charge is -2.27. The number of ether oxygens (including phenoxy) is 2. The van der Waals surface area contributed by atoms with E-state index in [0.717, 1.165) is 19.6 Å². The van der Waals surface area contributed by atoms with Crippen LogP contribution in [0.15, 0.2) is 4.52 Å². The Hall–Kier alpha value is -1.02. The highest BCUT2D eigenvalue weighted by atomic mass is 16.5. The number of nitrogens with one attached hydrogen (secondary N) is 1. The van der Waals surface area contributed by atoms with Gasteiger partial charge in [0.2, 0.25) is 11.7 Å². The highest BCUT2D eigenvalue weighted by Crippen LogP contribution is 2.18. The molecule has 0 amide bonds. The molecular formula is C11H20N4O3. The average molecular weight is 256 g/mol. The van der Waals surface area contributed by atoms with Gasteiger partial charge in [-0.1, -0.05) is 5.16 Å². The van der Waals surface area contributed by atoms with Gasteiger partial charge >= 0.3 is 0 Å². The van der Waals surface area contributed by atoms with Crippen LogP contribution in [0.3, 0.4) is 0 Å². The normalized spacial score (nSPS) is 21.3. The van der Waals surface area contributed by atoms with Gasteiger partial charge in [-0.05, 0) is 7.05 Å². The Morgan fingerprint density at radius 3 is 3.22 bits per heavy atom. The molecule has 0 aromatic carbocycles. The van der Waals surface area contributed by atoms with Gasteiger partial charge in [-0.2, -0.15) is 4.98 Å². The summed E-state index contributed by atoms with van der Waals surface area (Å²) in [4.78, 5) is 6.53. The number of hydrogen-bond acceptors (Lipinski definition) is 7. The monoisotopic (exact) mass is 256 g/mol. The Labute approximate surface area is 106 Å². The van der Waals surface area contributed by atoms with Crippen LogP contribution < -0.4 is 5.32 Å². The maximum atomic E-state index is 5.62. The Balaban J connectivity index is 1.81. The number of nitrogens with zero attached hydrogens (tertiary/aromatic N) is 3. The second-order valence-electron chi connectivity index (χ2n) is 4.34. The molecule has 1 aliphatic rings. The van der Waals surface area contributed by atoms with Crippen molar-refractivity contribution in [1.29, 1.82) is 0 Å². The number of methoxy groups -OCH3 is 1. The van der Waals surface area contributed by atoms with E-state index in [-0.39, 0.29) is 6.10 Å². The first kappa shape index (κ1) is 13.4. The molecule has 7 nitrogen and oxygen atoms in total. The van der Waals surface area contributed by atoms with Crippen molar-refractivity contribution in [3.8, 4) is 0 Å². The summed E-state index contributed by atoms with van der Waals surface area (Å²) >= 11 is 0. The molecule has 0 spiro atoms. The predicted molar refractivity (Wildman–Crippen MR) is 64.1 cm³/mol. The van der Waals surface area contributed by atoms with Gasteiger partial charge in [0, 0.05) is 26.7 Å². The third-order valence-electron chi connectivity index (χ3n) is 2.80. The molecule has 1 aliphatic heterocycles. The fourth-order valence-electron chi connectivity index (χ4n) is 1.77. The summed E-state index contributed by atoms with van der Waals surface area (Å²) in [7, 11) is 3.73. The first-order valence-corrected chi connectivity index (χ1v) is 6.12. The Morgan fingerprint density at radius 2 is 2.44 bits per heavy atom. The Bertz CT molecular complexity index is 358. The molecule has 1 fully saturated rings. The van der Waals surface area contributed by atoms with Crippen LogP contribution in [0.4, 0.5) is 0 Å². The van der Waals surface area contributed by atoms with Crippen LogP contribution in [-0.2, 0) is 16.0 Å². The van der Waals surface area contributed by atoms with Gasteiger partial charge in [-0.15, -0.1) is 0 Å². The second-order valence-corrected chi connectivity index (χ2v) is 4.34. The van der Waals surface area contributed by atoms with E-state index in [2.05, 4.69) is 27.4 Å². The lowest BCUT2D eigenvalue weighted by atomic mass is 10.3. The number of rotatable bonds is 6. The minimum atomic E-state index is -0.0831. The zero-order valence-electron chi connectivity index (χ0n) is 10.9. The molecule has 1 aromatic heterocycles. The zero-order chi connectivity index (χ0) is 12.8. The van der Waals surface area contributed by atoms with Crippen molar-refractivity contribution in [3.05, 3.63) is 11.7 Å². The topological polar surface area (TPSA) is 72.7 Å². The number of morpholine rings is 1. The maximum Gasteiger partial charge on any atom is 0.240 e. The number of aromatic nitrogens is 2. The van der Waals surface area contributed by atoms with Crippen LogP contribution in [0.1, 0.15) is 17.8 Å². The lowest BCUT2D eigenvalue weighted by Crippen LogP contribution is -2.35. The van der Waals surface area contributed by atoms with E-state index in [0.29, 0.717) is 31.5 Å². The fourth-order valence-corrected chi connectivity index (χ4v) is 1.77. The van der Waals surface area contributed by atoms with Crippen molar-refractivity contribution in [2.24, 2.45) is 0 Å². The first-order valence-electron chi connectivity index (χ1n) is 6.12. The van der Waals surface area contributed by atoms with E-state index >= 15 is 0 Å². The SMILES string of the molecule is COCCNCc1nc(C2CN(C)CCO2)no1. The quantitative estimate of drug-likeness (QED) is 0.707. The summed E-state index contributed by atoms with van der Waals surface area (Å²) in [5.74, 6) is 1.21. The van der Waals surface area contributed by atoms with Crippen molar-refractivity contribution in [1.82, 2.24) is 20.4 Å². The van der Waals surface area contributed by atoms with E-state index in [4.69, 9.17) is 14.0 Å². The summed E-state index contributed by atoms with van der Waals surface area (Å²) in [6.45, 7) is 4.43. The summed E-state index contributed by atoms with van der Waals surface area (Å²) in [5.41, 5.74) is 0. The number of hydrogen-bond donors (Lipinski definition) is 1. The van der Waals surface area contributed by atoms with Gasteiger partial charge in [-0.3, -0.25) is 0 Å². The van der Waals surface area contributed by atoms with Crippen LogP contribution >= 0.6 is 0 Å². The minimum Gasteiger partial charge on any atom is -0.383 e. The van der Waals surface area contributed by atoms with Crippen molar-refractivity contribution in [2.45, 2.75) is 12.6 Å². The summed E-state index contributed by atoms with van der Waals surface area (Å²) < 4.78 is 15.7. The van der Waals surface area contributed by atoms with Crippen LogP contribution in [-0.4, -0.2) is 62.0 Å². The van der Waals surface area contributed by atoms with E-state index in [9.17, 15) is 0 Å². The number of likely N-dealkylation sites (N-methyl/N-ethyl adjacent to an activating group) is 1. The molecule has 2 rings (SSSR count). The summed E-state index contributed by atoms with van der Waals surface area (Å²) in [6, 6.07) is 0. The van der Waals surface area contributed by atoms with Crippen molar-refractivity contribution in [2.75, 3.05) is 47.0 Å². The van der Waals surface area contributed by atoms with Crippen LogP contribution in [0.2, 0.25) is 0 Å². The van der Waals surface area contributed by atoms with Gasteiger partial charge in [0.1, 0.15) is 6.10 Å². The molecule has 0 saturated carbocycles. The zero-order valence-corrected chi connectivity index (χ0v) is 10.9. The molecule has 0 bridgehead atoms. The smallest absolute Gasteiger partial charge is 0.240 e. The summed E-state index contributed by atoms with van der Waals surface area (Å²) in [6.07, 6.45) is -0.0831. The van der Waals surface area contributed by atoms with Crippen LogP contribution in [0, 0.1) is 0 Å². The predicted octanol–water partition coefficient (Wildman–Crippen LogP) is -0.191. The van der Waals surface area contributed by atoms with Crippen LogP contribution in [0.5, 0.6) is 0 Å². The Morgan fingerprint density at radius 1 is 1.56 bits per heavy atom. The highest BCUT2D eigenvalue weighted by Gasteiger charge is 2.24. The average Bonchev–Trinajstić information content (AvgIpc) is 2.83. The van der Waals surface area contributed by atoms with Crippen molar-refractivity contribution >= 4 is 0 Å². The molecule has 1 N–H and O–H groups in total. The molecule has 1 unspecified atom stereocenters. The van der Waals surface area contributed by atoms with Crippen molar-refractivity contribution in [3.63, 3.8) is 0 Å². The molecule has 2 heterocycles. The van der Waals surface area contributed by atoms with Crippen LogP contribution in [0.25, 0.3) is 0 Å². The molecule has 1 atom stereocenters. The molecule has 18 heavy (non-hydrogen) atoms. The molecular weight excluding hydrogens is 236 g/mol. The third-order valence-corrected chi connectivity index (χ3v) is 2.80. The molecule has 7 heteroatoms. The van der Waals surface area contributed by atoms with Gasteiger partial charge in [0.25, 0.3) is 0 Å². The van der Waals surface area contributed by atoms with E-state index < -0.39 is 0 Å². The van der Waals surface area contributed by atoms with Crippen molar-refractivity contribution < 1.29 is 14.0 Å². The standard InChI is InChI=1S/C11H20N4O3/c1-15-4-6-17-9(8-15)11-13-10(18-14-11)7-12-3-5-16-2/h9,12H,3-8H2,1-2H3. The molecule has 102 valence electrons. The third kappa shape index (κ3) is 3.74. The minimum absolute atomic E-state index is 0.0831.